The molecule has 3 heterocycles. The Labute approximate surface area is 201 Å². The maximum atomic E-state index is 14.4. The fraction of sp³-hybridized carbons (Fsp3) is 0.304. The Hall–Kier alpha value is -3.67. The summed E-state index contributed by atoms with van der Waals surface area (Å²) < 4.78 is 53.9. The van der Waals surface area contributed by atoms with E-state index in [0.717, 1.165) is 6.26 Å². The number of halogens is 2. The molecule has 1 aromatic carbocycles. The summed E-state index contributed by atoms with van der Waals surface area (Å²) >= 11 is 0. The number of hydrogen-bond donors (Lipinski definition) is 3. The fourth-order valence-corrected chi connectivity index (χ4v) is 4.50. The molecule has 4 aromatic rings. The van der Waals surface area contributed by atoms with Crippen LogP contribution in [0.1, 0.15) is 26.0 Å². The smallest absolute Gasteiger partial charge is 0.231 e. The van der Waals surface area contributed by atoms with Crippen LogP contribution in [0, 0.1) is 5.82 Å². The molecule has 184 valence electrons. The van der Waals surface area contributed by atoms with Crippen molar-refractivity contribution < 1.29 is 17.2 Å². The van der Waals surface area contributed by atoms with E-state index in [1.54, 1.807) is 31.2 Å². The van der Waals surface area contributed by atoms with E-state index in [0.29, 0.717) is 28.0 Å². The summed E-state index contributed by atoms with van der Waals surface area (Å²) in [4.78, 5) is 4.15. The molecular formula is C23H25F2N7O2S. The quantitative estimate of drug-likeness (QED) is 0.316. The van der Waals surface area contributed by atoms with Crippen LogP contribution in [0.15, 0.2) is 48.7 Å². The van der Waals surface area contributed by atoms with E-state index >= 15 is 0 Å². The summed E-state index contributed by atoms with van der Waals surface area (Å²) in [6.07, 6.45) is 1.46. The molecule has 2 atom stereocenters. The van der Waals surface area contributed by atoms with E-state index in [9.17, 15) is 17.2 Å². The first-order chi connectivity index (χ1) is 16.5. The molecular weight excluding hydrogens is 476 g/mol. The van der Waals surface area contributed by atoms with Gasteiger partial charge in [-0.2, -0.15) is 5.10 Å². The molecule has 0 aliphatic rings. The molecule has 0 spiro atoms. The van der Waals surface area contributed by atoms with Gasteiger partial charge in [-0.15, -0.1) is 10.2 Å². The highest BCUT2D eigenvalue weighted by molar-refractivity contribution is 7.92. The summed E-state index contributed by atoms with van der Waals surface area (Å²) in [7, 11) is -3.49. The minimum atomic E-state index is -3.49. The third kappa shape index (κ3) is 5.70. The van der Waals surface area contributed by atoms with Gasteiger partial charge < -0.3 is 5.32 Å². The van der Waals surface area contributed by atoms with Crippen molar-refractivity contribution in [3.05, 3.63) is 60.2 Å². The molecule has 35 heavy (non-hydrogen) atoms. The van der Waals surface area contributed by atoms with E-state index in [2.05, 4.69) is 35.4 Å². The minimum Gasteiger partial charge on any atom is -0.368 e. The van der Waals surface area contributed by atoms with Crippen molar-refractivity contribution in [2.24, 2.45) is 0 Å². The standard InChI is InChI=1S/C23H25F2N7O2S/c1-14(24)12-23(2,21-17(25)5-4-10-26-21)13-27-20-9-8-18(28-30-20)15-6-7-19-16(11-15)22(31-29-19)32-35(3,33)34/h4-11,14H,12-13H2,1-3H3,(H,27,30)(H2,29,31,32)/t14-,23-/m0/s1. The number of rotatable bonds is 9. The van der Waals surface area contributed by atoms with Crippen molar-refractivity contribution in [3.8, 4) is 11.3 Å². The van der Waals surface area contributed by atoms with Gasteiger partial charge in [-0.05, 0) is 49.7 Å². The molecule has 0 saturated carbocycles. The van der Waals surface area contributed by atoms with Crippen LogP contribution in [-0.4, -0.2) is 52.8 Å². The molecule has 0 fully saturated rings. The van der Waals surface area contributed by atoms with E-state index < -0.39 is 27.4 Å². The summed E-state index contributed by atoms with van der Waals surface area (Å²) in [6, 6.07) is 11.6. The van der Waals surface area contributed by atoms with Crippen LogP contribution in [-0.2, 0) is 15.4 Å². The van der Waals surface area contributed by atoms with E-state index in [4.69, 9.17) is 0 Å². The zero-order valence-corrected chi connectivity index (χ0v) is 20.2. The molecule has 3 N–H and O–H groups in total. The number of nitrogens with one attached hydrogen (secondary N) is 3. The van der Waals surface area contributed by atoms with Crippen LogP contribution < -0.4 is 10.0 Å². The number of nitrogens with zero attached hydrogens (tertiary/aromatic N) is 4. The highest BCUT2D eigenvalue weighted by Crippen LogP contribution is 2.31. The second-order valence-corrected chi connectivity index (χ2v) is 10.5. The number of fused-ring (bicyclic) bond motifs is 1. The van der Waals surface area contributed by atoms with Gasteiger partial charge in [0.25, 0.3) is 0 Å². The lowest BCUT2D eigenvalue weighted by Gasteiger charge is -2.30. The van der Waals surface area contributed by atoms with Gasteiger partial charge in [0.2, 0.25) is 10.0 Å². The maximum absolute atomic E-state index is 14.4. The fourth-order valence-electron chi connectivity index (χ4n) is 4.00. The van der Waals surface area contributed by atoms with Crippen LogP contribution in [0.4, 0.5) is 20.4 Å². The number of H-pyrrole nitrogens is 1. The molecule has 12 heteroatoms. The van der Waals surface area contributed by atoms with Crippen molar-refractivity contribution in [1.29, 1.82) is 0 Å². The van der Waals surface area contributed by atoms with Crippen LogP contribution in [0.5, 0.6) is 0 Å². The van der Waals surface area contributed by atoms with Crippen molar-refractivity contribution in [1.82, 2.24) is 25.4 Å². The number of pyridine rings is 1. The molecule has 4 rings (SSSR count). The first-order valence-electron chi connectivity index (χ1n) is 10.8. The molecule has 0 unspecified atom stereocenters. The van der Waals surface area contributed by atoms with Gasteiger partial charge in [-0.1, -0.05) is 13.0 Å². The Balaban J connectivity index is 1.54. The summed E-state index contributed by atoms with van der Waals surface area (Å²) in [5.74, 6) is 0.142. The van der Waals surface area contributed by atoms with Crippen LogP contribution >= 0.6 is 0 Å². The van der Waals surface area contributed by atoms with E-state index in [1.165, 1.54) is 25.3 Å². The number of aromatic amines is 1. The average Bonchev–Trinajstić information content (AvgIpc) is 3.18. The zero-order valence-electron chi connectivity index (χ0n) is 19.4. The SMILES string of the molecule is C[C@H](F)C[C@@](C)(CNc1ccc(-c2ccc3[nH]nc(NS(C)(=O)=O)c3c2)nn1)c1ncccc1F. The van der Waals surface area contributed by atoms with Gasteiger partial charge in [-0.3, -0.25) is 14.8 Å². The highest BCUT2D eigenvalue weighted by atomic mass is 32.2. The van der Waals surface area contributed by atoms with Crippen LogP contribution in [0.25, 0.3) is 22.2 Å². The Kier molecular flexibility index (Phi) is 6.66. The van der Waals surface area contributed by atoms with Crippen LogP contribution in [0.2, 0.25) is 0 Å². The Morgan fingerprint density at radius 3 is 2.63 bits per heavy atom. The third-order valence-electron chi connectivity index (χ3n) is 5.53. The summed E-state index contributed by atoms with van der Waals surface area (Å²) in [5, 5.41) is 18.9. The topological polar surface area (TPSA) is 126 Å². The van der Waals surface area contributed by atoms with Gasteiger partial charge in [0, 0.05) is 29.1 Å². The molecule has 0 bridgehead atoms. The van der Waals surface area contributed by atoms with E-state index in [1.807, 2.05) is 6.07 Å². The van der Waals surface area contributed by atoms with E-state index in [-0.39, 0.29) is 24.5 Å². The van der Waals surface area contributed by atoms with Crippen molar-refractivity contribution in [2.75, 3.05) is 22.8 Å². The van der Waals surface area contributed by atoms with Gasteiger partial charge in [-0.25, -0.2) is 17.2 Å². The molecule has 0 aliphatic carbocycles. The number of benzene rings is 1. The van der Waals surface area contributed by atoms with Crippen molar-refractivity contribution in [3.63, 3.8) is 0 Å². The lowest BCUT2D eigenvalue weighted by molar-refractivity contribution is 0.267. The first-order valence-corrected chi connectivity index (χ1v) is 12.7. The second-order valence-electron chi connectivity index (χ2n) is 8.74. The zero-order chi connectivity index (χ0) is 25.2. The Bertz CT molecular complexity index is 1440. The molecule has 0 amide bonds. The van der Waals surface area contributed by atoms with Gasteiger partial charge in [0.15, 0.2) is 5.82 Å². The lowest BCUT2D eigenvalue weighted by atomic mass is 9.81. The number of hydrogen-bond acceptors (Lipinski definition) is 7. The summed E-state index contributed by atoms with van der Waals surface area (Å²) in [6.45, 7) is 3.39. The van der Waals surface area contributed by atoms with Crippen LogP contribution in [0.3, 0.4) is 0 Å². The monoisotopic (exact) mass is 501 g/mol. The normalized spacial score (nSPS) is 14.4. The van der Waals surface area contributed by atoms with Gasteiger partial charge >= 0.3 is 0 Å². The number of aromatic nitrogens is 5. The average molecular weight is 502 g/mol. The maximum Gasteiger partial charge on any atom is 0.231 e. The molecule has 0 aliphatic heterocycles. The number of sulfonamides is 1. The van der Waals surface area contributed by atoms with Gasteiger partial charge in [0.1, 0.15) is 11.6 Å². The molecule has 9 nitrogen and oxygen atoms in total. The van der Waals surface area contributed by atoms with Gasteiger partial charge in [0.05, 0.1) is 29.3 Å². The minimum absolute atomic E-state index is 0.0774. The predicted molar refractivity (Wildman–Crippen MR) is 131 cm³/mol. The Morgan fingerprint density at radius 1 is 1.17 bits per heavy atom. The molecule has 0 saturated heterocycles. The van der Waals surface area contributed by atoms with Crippen molar-refractivity contribution in [2.45, 2.75) is 31.9 Å². The first kappa shape index (κ1) is 24.5. The highest BCUT2D eigenvalue weighted by Gasteiger charge is 2.33. The molecule has 3 aromatic heterocycles. The third-order valence-corrected chi connectivity index (χ3v) is 6.09. The lowest BCUT2D eigenvalue weighted by Crippen LogP contribution is -2.35. The summed E-state index contributed by atoms with van der Waals surface area (Å²) in [5.41, 5.74) is 1.21. The Morgan fingerprint density at radius 2 is 1.97 bits per heavy atom. The van der Waals surface area contributed by atoms with Crippen molar-refractivity contribution >= 4 is 32.6 Å². The largest absolute Gasteiger partial charge is 0.368 e. The predicted octanol–water partition coefficient (Wildman–Crippen LogP) is 4.04. The molecule has 0 radical (unpaired) electrons. The number of alkyl halides is 1. The number of anilines is 2. The second kappa shape index (κ2) is 9.53.